The van der Waals surface area contributed by atoms with Gasteiger partial charge in [0.05, 0.1) is 0 Å². The molecule has 3 nitrogen and oxygen atoms in total. The molecule has 0 aromatic carbocycles. The summed E-state index contributed by atoms with van der Waals surface area (Å²) >= 11 is 0. The van der Waals surface area contributed by atoms with Crippen molar-refractivity contribution in [1.82, 2.24) is 4.90 Å². The van der Waals surface area contributed by atoms with E-state index < -0.39 is 0 Å². The molecule has 1 aliphatic heterocycles. The zero-order valence-corrected chi connectivity index (χ0v) is 11.6. The van der Waals surface area contributed by atoms with Crippen LogP contribution in [0.1, 0.15) is 48.0 Å². The third kappa shape index (κ3) is 3.95. The molecule has 0 saturated carbocycles. The number of amides is 2. The second-order valence-corrected chi connectivity index (χ2v) is 5.73. The highest BCUT2D eigenvalue weighted by Crippen LogP contribution is 2.23. The molecule has 1 saturated heterocycles. The van der Waals surface area contributed by atoms with Gasteiger partial charge < -0.3 is 0 Å². The van der Waals surface area contributed by atoms with E-state index in [2.05, 4.69) is 27.7 Å². The van der Waals surface area contributed by atoms with Crippen LogP contribution >= 0.6 is 0 Å². The highest BCUT2D eigenvalue weighted by atomic mass is 16.2. The zero-order valence-electron chi connectivity index (χ0n) is 11.6. The lowest BCUT2D eigenvalue weighted by Crippen LogP contribution is -2.25. The Morgan fingerprint density at radius 2 is 1.31 bits per heavy atom. The molecule has 1 heterocycles. The molecule has 2 unspecified atom stereocenters. The van der Waals surface area contributed by atoms with Gasteiger partial charge in [-0.3, -0.25) is 14.5 Å². The summed E-state index contributed by atoms with van der Waals surface area (Å²) < 4.78 is 0. The standard InChI is InChI=1S/C7H11NO2.C6H14/c1-4-5(2)7(10)8(3)6(4)9;1-5-6(2,3)4/h4-5H,1-3H3;5H2,1-4H3. The van der Waals surface area contributed by atoms with Gasteiger partial charge >= 0.3 is 0 Å². The van der Waals surface area contributed by atoms with Gasteiger partial charge in [-0.15, -0.1) is 0 Å². The smallest absolute Gasteiger partial charge is 0.232 e. The lowest BCUT2D eigenvalue weighted by atomic mass is 9.94. The van der Waals surface area contributed by atoms with Crippen molar-refractivity contribution in [1.29, 1.82) is 0 Å². The lowest BCUT2D eigenvalue weighted by Gasteiger charge is -2.12. The van der Waals surface area contributed by atoms with Crippen LogP contribution in [0.5, 0.6) is 0 Å². The molecule has 94 valence electrons. The van der Waals surface area contributed by atoms with Gasteiger partial charge in [-0.05, 0) is 5.41 Å². The van der Waals surface area contributed by atoms with Crippen molar-refractivity contribution in [2.45, 2.75) is 48.0 Å². The Hall–Kier alpha value is -0.860. The Kier molecular flexibility index (Phi) is 5.17. The minimum atomic E-state index is -0.127. The van der Waals surface area contributed by atoms with E-state index in [1.807, 2.05) is 0 Å². The van der Waals surface area contributed by atoms with E-state index in [4.69, 9.17) is 0 Å². The fraction of sp³-hybridized carbons (Fsp3) is 0.846. The summed E-state index contributed by atoms with van der Waals surface area (Å²) in [5.41, 5.74) is 0.542. The number of nitrogens with zero attached hydrogens (tertiary/aromatic N) is 1. The predicted octanol–water partition coefficient (Wildman–Crippen LogP) is 2.70. The van der Waals surface area contributed by atoms with Crippen molar-refractivity contribution in [3.05, 3.63) is 0 Å². The average molecular weight is 227 g/mol. The van der Waals surface area contributed by atoms with E-state index in [9.17, 15) is 9.59 Å². The SMILES string of the molecule is CC1C(=O)N(C)C(=O)C1C.CCC(C)(C)C. The topological polar surface area (TPSA) is 37.4 Å². The van der Waals surface area contributed by atoms with Crippen LogP contribution in [0.2, 0.25) is 0 Å². The van der Waals surface area contributed by atoms with Crippen LogP contribution in [0, 0.1) is 17.3 Å². The summed E-state index contributed by atoms with van der Waals surface area (Å²) in [6.07, 6.45) is 1.27. The summed E-state index contributed by atoms with van der Waals surface area (Å²) in [6, 6.07) is 0. The van der Waals surface area contributed by atoms with Crippen LogP contribution in [-0.2, 0) is 9.59 Å². The van der Waals surface area contributed by atoms with Crippen LogP contribution in [0.25, 0.3) is 0 Å². The molecule has 0 aromatic heterocycles. The Morgan fingerprint density at radius 1 is 1.06 bits per heavy atom. The van der Waals surface area contributed by atoms with E-state index in [1.54, 1.807) is 13.8 Å². The summed E-state index contributed by atoms with van der Waals surface area (Å²) in [5, 5.41) is 0. The van der Waals surface area contributed by atoms with Crippen molar-refractivity contribution in [3.63, 3.8) is 0 Å². The maximum Gasteiger partial charge on any atom is 0.232 e. The Morgan fingerprint density at radius 3 is 1.38 bits per heavy atom. The lowest BCUT2D eigenvalue weighted by molar-refractivity contribution is -0.138. The first-order chi connectivity index (χ1) is 7.11. The molecule has 16 heavy (non-hydrogen) atoms. The normalized spacial score (nSPS) is 25.6. The van der Waals surface area contributed by atoms with Crippen molar-refractivity contribution >= 4 is 11.8 Å². The quantitative estimate of drug-likeness (QED) is 0.597. The minimum absolute atomic E-state index is 0.0579. The van der Waals surface area contributed by atoms with E-state index in [-0.39, 0.29) is 23.7 Å². The van der Waals surface area contributed by atoms with Gasteiger partial charge in [0.1, 0.15) is 0 Å². The van der Waals surface area contributed by atoms with Crippen molar-refractivity contribution in [2.24, 2.45) is 17.3 Å². The van der Waals surface area contributed by atoms with Crippen LogP contribution in [0.3, 0.4) is 0 Å². The molecule has 0 aromatic rings. The van der Waals surface area contributed by atoms with Gasteiger partial charge in [-0.1, -0.05) is 48.0 Å². The third-order valence-electron chi connectivity index (χ3n) is 3.25. The maximum atomic E-state index is 11.0. The summed E-state index contributed by atoms with van der Waals surface area (Å²) in [4.78, 5) is 23.3. The Labute approximate surface area is 99.2 Å². The molecule has 3 heteroatoms. The summed E-state index contributed by atoms with van der Waals surface area (Å²) in [7, 11) is 1.53. The number of carbonyl (C=O) groups is 2. The number of imide groups is 1. The van der Waals surface area contributed by atoms with Crippen LogP contribution in [-0.4, -0.2) is 23.8 Å². The number of hydrogen-bond acceptors (Lipinski definition) is 2. The predicted molar refractivity (Wildman–Crippen MR) is 65.9 cm³/mol. The first kappa shape index (κ1) is 15.1. The van der Waals surface area contributed by atoms with Gasteiger partial charge in [0.25, 0.3) is 0 Å². The minimum Gasteiger partial charge on any atom is -0.285 e. The van der Waals surface area contributed by atoms with Crippen molar-refractivity contribution < 1.29 is 9.59 Å². The first-order valence-electron chi connectivity index (χ1n) is 5.93. The monoisotopic (exact) mass is 227 g/mol. The van der Waals surface area contributed by atoms with Gasteiger partial charge in [0, 0.05) is 18.9 Å². The van der Waals surface area contributed by atoms with E-state index in [0.717, 1.165) is 0 Å². The van der Waals surface area contributed by atoms with Crippen LogP contribution in [0.15, 0.2) is 0 Å². The fourth-order valence-corrected chi connectivity index (χ4v) is 1.15. The second-order valence-electron chi connectivity index (χ2n) is 5.73. The zero-order chi connectivity index (χ0) is 13.1. The number of hydrogen-bond donors (Lipinski definition) is 0. The number of likely N-dealkylation sites (tertiary alicyclic amines) is 1. The molecule has 0 radical (unpaired) electrons. The fourth-order valence-electron chi connectivity index (χ4n) is 1.15. The molecule has 1 rings (SSSR count). The van der Waals surface area contributed by atoms with E-state index >= 15 is 0 Å². The Balaban J connectivity index is 0.000000325. The number of rotatable bonds is 0. The molecule has 1 fully saturated rings. The average Bonchev–Trinajstić information content (AvgIpc) is 2.37. The van der Waals surface area contributed by atoms with Crippen LogP contribution < -0.4 is 0 Å². The van der Waals surface area contributed by atoms with Crippen molar-refractivity contribution in [2.75, 3.05) is 7.05 Å². The molecule has 0 aliphatic carbocycles. The van der Waals surface area contributed by atoms with E-state index in [1.165, 1.54) is 18.4 Å². The second kappa shape index (κ2) is 5.46. The maximum absolute atomic E-state index is 11.0. The first-order valence-corrected chi connectivity index (χ1v) is 5.93. The van der Waals surface area contributed by atoms with Gasteiger partial charge in [0.2, 0.25) is 11.8 Å². The molecule has 1 aliphatic rings. The molecular formula is C13H25NO2. The molecule has 0 spiro atoms. The van der Waals surface area contributed by atoms with Gasteiger partial charge in [0.15, 0.2) is 0 Å². The summed E-state index contributed by atoms with van der Waals surface area (Å²) in [6.45, 7) is 12.5. The third-order valence-corrected chi connectivity index (χ3v) is 3.25. The molecule has 0 bridgehead atoms. The summed E-state index contributed by atoms with van der Waals surface area (Å²) in [5.74, 6) is -0.370. The molecule has 2 amide bonds. The Bertz CT molecular complexity index is 246. The molecule has 2 atom stereocenters. The highest BCUT2D eigenvalue weighted by molar-refractivity contribution is 6.04. The highest BCUT2D eigenvalue weighted by Gasteiger charge is 2.39. The molecule has 0 N–H and O–H groups in total. The van der Waals surface area contributed by atoms with Gasteiger partial charge in [-0.2, -0.15) is 0 Å². The molecular weight excluding hydrogens is 202 g/mol. The van der Waals surface area contributed by atoms with Crippen LogP contribution in [0.4, 0.5) is 0 Å². The largest absolute Gasteiger partial charge is 0.285 e. The van der Waals surface area contributed by atoms with Crippen molar-refractivity contribution in [3.8, 4) is 0 Å². The van der Waals surface area contributed by atoms with Gasteiger partial charge in [-0.25, -0.2) is 0 Å². The number of carbonyl (C=O) groups excluding carboxylic acids is 2. The van der Waals surface area contributed by atoms with E-state index in [0.29, 0.717) is 5.41 Å².